The zero-order valence-corrected chi connectivity index (χ0v) is 19.6. The van der Waals surface area contributed by atoms with Crippen LogP contribution in [0.25, 0.3) is 11.4 Å². The highest BCUT2D eigenvalue weighted by molar-refractivity contribution is 6.30. The van der Waals surface area contributed by atoms with Crippen molar-refractivity contribution in [3.05, 3.63) is 47.4 Å². The topological polar surface area (TPSA) is 133 Å². The molecule has 0 radical (unpaired) electrons. The summed E-state index contributed by atoms with van der Waals surface area (Å²) >= 11 is 6.07. The van der Waals surface area contributed by atoms with Gasteiger partial charge in [-0.15, -0.1) is 5.10 Å². The number of hydrogen-bond acceptors (Lipinski definition) is 8. The second-order valence-corrected chi connectivity index (χ2v) is 8.27. The number of halogens is 1. The van der Waals surface area contributed by atoms with Crippen molar-refractivity contribution in [3.63, 3.8) is 0 Å². The van der Waals surface area contributed by atoms with Gasteiger partial charge in [-0.05, 0) is 38.0 Å². The molecular weight excluding hydrogens is 462 g/mol. The van der Waals surface area contributed by atoms with Crippen molar-refractivity contribution in [1.29, 1.82) is 0 Å². The molecule has 3 heterocycles. The number of methoxy groups -OCH3 is 1. The number of nitrogens with zero attached hydrogens (tertiary/aromatic N) is 5. The standard InChI is InChI=1S/C22H24ClN7O4/c1-12(16-5-4-8-24-19(16)23)34-22(32)27-20-18(28-29-30(20)2)17-7-6-14(11-25-17)26-21(31)13-9-15(10-13)33-3/h4-8,11-13,15H,9-10H2,1-3H3,(H,26,31)(H,27,32)/t12-,13?,15?/m1/s1. The molecule has 0 aliphatic heterocycles. The number of amides is 2. The number of aromatic nitrogens is 5. The summed E-state index contributed by atoms with van der Waals surface area (Å²) in [4.78, 5) is 33.2. The molecule has 1 aliphatic carbocycles. The second-order valence-electron chi connectivity index (χ2n) is 7.91. The SMILES string of the molecule is COC1CC(C(=O)Nc2ccc(-c3nnn(C)c3NC(=O)O[C@H](C)c3cccnc3Cl)nc2)C1. The van der Waals surface area contributed by atoms with Crippen molar-refractivity contribution in [2.45, 2.75) is 32.0 Å². The molecule has 178 valence electrons. The lowest BCUT2D eigenvalue weighted by Gasteiger charge is -2.32. The van der Waals surface area contributed by atoms with E-state index in [1.54, 1.807) is 51.5 Å². The quantitative estimate of drug-likeness (QED) is 0.485. The van der Waals surface area contributed by atoms with E-state index in [0.29, 0.717) is 41.3 Å². The van der Waals surface area contributed by atoms with Crippen LogP contribution in [-0.4, -0.2) is 50.2 Å². The maximum atomic E-state index is 12.5. The van der Waals surface area contributed by atoms with Crippen LogP contribution in [-0.2, 0) is 21.3 Å². The van der Waals surface area contributed by atoms with Crippen molar-refractivity contribution >= 4 is 35.1 Å². The van der Waals surface area contributed by atoms with Crippen LogP contribution in [0.15, 0.2) is 36.7 Å². The fourth-order valence-electron chi connectivity index (χ4n) is 3.55. The maximum absolute atomic E-state index is 12.5. The van der Waals surface area contributed by atoms with Gasteiger partial charge in [0.25, 0.3) is 0 Å². The highest BCUT2D eigenvalue weighted by Crippen LogP contribution is 2.31. The third-order valence-corrected chi connectivity index (χ3v) is 5.95. The first kappa shape index (κ1) is 23.6. The third kappa shape index (κ3) is 5.15. The zero-order valence-electron chi connectivity index (χ0n) is 18.9. The first-order valence-corrected chi connectivity index (χ1v) is 11.0. The molecule has 34 heavy (non-hydrogen) atoms. The van der Waals surface area contributed by atoms with Gasteiger partial charge in [-0.3, -0.25) is 15.1 Å². The number of hydrogen-bond donors (Lipinski definition) is 2. The molecule has 4 rings (SSSR count). The Hall–Kier alpha value is -3.57. The smallest absolute Gasteiger partial charge is 0.413 e. The van der Waals surface area contributed by atoms with Gasteiger partial charge in [0.1, 0.15) is 11.3 Å². The second kappa shape index (κ2) is 10.1. The first-order valence-electron chi connectivity index (χ1n) is 10.6. The number of carbonyl (C=O) groups is 2. The summed E-state index contributed by atoms with van der Waals surface area (Å²) in [5, 5.41) is 13.8. The van der Waals surface area contributed by atoms with Gasteiger partial charge < -0.3 is 14.8 Å². The largest absolute Gasteiger partial charge is 0.441 e. The van der Waals surface area contributed by atoms with E-state index in [1.807, 2.05) is 0 Å². The number of pyridine rings is 2. The predicted molar refractivity (Wildman–Crippen MR) is 124 cm³/mol. The Morgan fingerprint density at radius 1 is 1.21 bits per heavy atom. The molecule has 11 nitrogen and oxygen atoms in total. The molecule has 2 N–H and O–H groups in total. The van der Waals surface area contributed by atoms with E-state index < -0.39 is 12.2 Å². The van der Waals surface area contributed by atoms with Crippen molar-refractivity contribution in [1.82, 2.24) is 25.0 Å². The van der Waals surface area contributed by atoms with Crippen LogP contribution in [0.1, 0.15) is 31.4 Å². The Kier molecular flexibility index (Phi) is 7.03. The van der Waals surface area contributed by atoms with E-state index in [4.69, 9.17) is 21.1 Å². The molecule has 3 aromatic rings. The molecule has 3 aromatic heterocycles. The Morgan fingerprint density at radius 2 is 2.00 bits per heavy atom. The fourth-order valence-corrected chi connectivity index (χ4v) is 3.82. The molecule has 1 aliphatic rings. The molecule has 0 bridgehead atoms. The van der Waals surface area contributed by atoms with E-state index in [9.17, 15) is 9.59 Å². The van der Waals surface area contributed by atoms with Gasteiger partial charge in [-0.2, -0.15) is 0 Å². The maximum Gasteiger partial charge on any atom is 0.413 e. The van der Waals surface area contributed by atoms with Crippen LogP contribution in [0.4, 0.5) is 16.3 Å². The Labute approximate surface area is 200 Å². The minimum atomic E-state index is -0.710. The molecule has 0 spiro atoms. The minimum absolute atomic E-state index is 0.0598. The zero-order chi connectivity index (χ0) is 24.2. The van der Waals surface area contributed by atoms with Crippen molar-refractivity contribution in [2.75, 3.05) is 17.7 Å². The molecule has 0 saturated heterocycles. The normalized spacial score (nSPS) is 18.0. The van der Waals surface area contributed by atoms with Gasteiger partial charge in [0.05, 0.1) is 23.7 Å². The molecule has 12 heteroatoms. The van der Waals surface area contributed by atoms with Gasteiger partial charge in [0.2, 0.25) is 5.91 Å². The van der Waals surface area contributed by atoms with E-state index in [-0.39, 0.29) is 23.1 Å². The van der Waals surface area contributed by atoms with Gasteiger partial charge in [-0.25, -0.2) is 14.5 Å². The summed E-state index contributed by atoms with van der Waals surface area (Å²) in [5.41, 5.74) is 1.97. The van der Waals surface area contributed by atoms with Crippen LogP contribution in [0.3, 0.4) is 0 Å². The predicted octanol–water partition coefficient (Wildman–Crippen LogP) is 3.60. The third-order valence-electron chi connectivity index (χ3n) is 5.63. The summed E-state index contributed by atoms with van der Waals surface area (Å²) in [6.45, 7) is 1.69. The van der Waals surface area contributed by atoms with Crippen LogP contribution in [0, 0.1) is 5.92 Å². The number of rotatable bonds is 7. The van der Waals surface area contributed by atoms with Crippen LogP contribution in [0.2, 0.25) is 5.15 Å². The minimum Gasteiger partial charge on any atom is -0.441 e. The van der Waals surface area contributed by atoms with E-state index >= 15 is 0 Å². The lowest BCUT2D eigenvalue weighted by atomic mass is 9.81. The Morgan fingerprint density at radius 3 is 2.68 bits per heavy atom. The summed E-state index contributed by atoms with van der Waals surface area (Å²) in [7, 11) is 3.28. The molecule has 1 atom stereocenters. The number of aryl methyl sites for hydroxylation is 1. The number of ether oxygens (including phenoxy) is 2. The molecule has 1 fully saturated rings. The van der Waals surface area contributed by atoms with E-state index in [2.05, 4.69) is 30.9 Å². The average Bonchev–Trinajstić information content (AvgIpc) is 3.13. The van der Waals surface area contributed by atoms with Gasteiger partial charge in [0, 0.05) is 31.8 Å². The molecule has 1 saturated carbocycles. The number of carbonyl (C=O) groups excluding carboxylic acids is 2. The summed E-state index contributed by atoms with van der Waals surface area (Å²) in [6, 6.07) is 6.85. The van der Waals surface area contributed by atoms with Crippen LogP contribution >= 0.6 is 11.6 Å². The van der Waals surface area contributed by atoms with E-state index in [1.165, 1.54) is 10.9 Å². The summed E-state index contributed by atoms with van der Waals surface area (Å²) in [5.74, 6) is 0.185. The highest BCUT2D eigenvalue weighted by Gasteiger charge is 2.34. The summed E-state index contributed by atoms with van der Waals surface area (Å²) in [6.07, 6.45) is 3.33. The fraction of sp³-hybridized carbons (Fsp3) is 0.364. The lowest BCUT2D eigenvalue weighted by molar-refractivity contribution is -0.127. The van der Waals surface area contributed by atoms with Crippen molar-refractivity contribution in [3.8, 4) is 11.4 Å². The van der Waals surface area contributed by atoms with E-state index in [0.717, 1.165) is 0 Å². The number of nitrogens with one attached hydrogen (secondary N) is 2. The lowest BCUT2D eigenvalue weighted by Crippen LogP contribution is -2.38. The van der Waals surface area contributed by atoms with Crippen molar-refractivity contribution < 1.29 is 19.1 Å². The summed E-state index contributed by atoms with van der Waals surface area (Å²) < 4.78 is 12.1. The Balaban J connectivity index is 1.40. The molecule has 0 aromatic carbocycles. The van der Waals surface area contributed by atoms with Crippen LogP contribution < -0.4 is 10.6 Å². The highest BCUT2D eigenvalue weighted by atomic mass is 35.5. The monoisotopic (exact) mass is 485 g/mol. The van der Waals surface area contributed by atoms with Crippen molar-refractivity contribution in [2.24, 2.45) is 13.0 Å². The van der Waals surface area contributed by atoms with Gasteiger partial charge in [0.15, 0.2) is 11.5 Å². The average molecular weight is 486 g/mol. The Bertz CT molecular complexity index is 1180. The molecule has 2 amide bonds. The van der Waals surface area contributed by atoms with Crippen LogP contribution in [0.5, 0.6) is 0 Å². The molecule has 0 unspecified atom stereocenters. The van der Waals surface area contributed by atoms with Gasteiger partial charge >= 0.3 is 6.09 Å². The molecular formula is C22H24ClN7O4. The number of anilines is 2. The first-order chi connectivity index (χ1) is 16.4. The van der Waals surface area contributed by atoms with Gasteiger partial charge in [-0.1, -0.05) is 22.9 Å².